The monoisotopic (exact) mass is 506 g/mol. The van der Waals surface area contributed by atoms with E-state index in [1.807, 2.05) is 13.8 Å². The number of nitrogens with two attached hydrogens (primary N) is 1. The molecule has 0 fully saturated rings. The Hall–Kier alpha value is -3.89. The van der Waals surface area contributed by atoms with Gasteiger partial charge in [-0.25, -0.2) is 4.39 Å². The van der Waals surface area contributed by atoms with Crippen molar-refractivity contribution in [1.29, 1.82) is 0 Å². The van der Waals surface area contributed by atoms with Crippen LogP contribution < -0.4 is 15.8 Å². The lowest BCUT2D eigenvalue weighted by Crippen LogP contribution is -2.53. The first-order valence-electron chi connectivity index (χ1n) is 11.1. The molecule has 0 radical (unpaired) electrons. The maximum atomic E-state index is 14.1. The number of aliphatic imine (C=N–C) groups is 1. The summed E-state index contributed by atoms with van der Waals surface area (Å²) in [6.07, 6.45) is -2.35. The molecule has 2 atom stereocenters. The van der Waals surface area contributed by atoms with E-state index in [-0.39, 0.29) is 17.5 Å². The minimum Gasteiger partial charge on any atom is -0.406 e. The first-order valence-corrected chi connectivity index (χ1v) is 11.1. The molecule has 36 heavy (non-hydrogen) atoms. The van der Waals surface area contributed by atoms with Gasteiger partial charge in [0.1, 0.15) is 11.6 Å². The third-order valence-electron chi connectivity index (χ3n) is 5.47. The number of anilines is 1. The standard InChI is InChI=1S/C25H26F4N4O3/c1-14(2)13-33-22(15(11-30)12-31-3)21(19-6-4-5-7-20(19)24(33)35)23(34)32-17-8-16(26)9-18(10-17)36-25(27,28)29/h4-12,14,21-22H,13,30H2,1-3H3,(H,32,34)/t21-,22+/m1/s1. The fourth-order valence-corrected chi connectivity index (χ4v) is 4.26. The lowest BCUT2D eigenvalue weighted by molar-refractivity contribution is -0.274. The summed E-state index contributed by atoms with van der Waals surface area (Å²) in [5.41, 5.74) is 6.72. The van der Waals surface area contributed by atoms with Crippen molar-refractivity contribution in [3.63, 3.8) is 0 Å². The topological polar surface area (TPSA) is 97.0 Å². The van der Waals surface area contributed by atoms with Crippen LogP contribution in [-0.2, 0) is 4.79 Å². The van der Waals surface area contributed by atoms with Crippen molar-refractivity contribution in [1.82, 2.24) is 4.90 Å². The average molecular weight is 507 g/mol. The van der Waals surface area contributed by atoms with Crippen molar-refractivity contribution < 1.29 is 31.9 Å². The largest absolute Gasteiger partial charge is 0.573 e. The number of carbonyl (C=O) groups is 2. The molecular formula is C25H26F4N4O3. The second-order valence-corrected chi connectivity index (χ2v) is 8.63. The van der Waals surface area contributed by atoms with Gasteiger partial charge in [-0.15, -0.1) is 13.2 Å². The van der Waals surface area contributed by atoms with Gasteiger partial charge in [0.05, 0.1) is 12.0 Å². The minimum atomic E-state index is -5.04. The van der Waals surface area contributed by atoms with E-state index in [9.17, 15) is 27.2 Å². The Bertz CT molecular complexity index is 1190. The molecule has 11 heteroatoms. The van der Waals surface area contributed by atoms with Gasteiger partial charge in [-0.3, -0.25) is 14.6 Å². The number of nitrogens with zero attached hydrogens (tertiary/aromatic N) is 2. The van der Waals surface area contributed by atoms with E-state index >= 15 is 0 Å². The van der Waals surface area contributed by atoms with E-state index in [1.165, 1.54) is 24.4 Å². The molecular weight excluding hydrogens is 480 g/mol. The van der Waals surface area contributed by atoms with Crippen molar-refractivity contribution >= 4 is 23.7 Å². The fourth-order valence-electron chi connectivity index (χ4n) is 4.26. The molecule has 7 nitrogen and oxygen atoms in total. The Morgan fingerprint density at radius 1 is 1.25 bits per heavy atom. The van der Waals surface area contributed by atoms with Crippen LogP contribution >= 0.6 is 0 Å². The molecule has 1 aliphatic heterocycles. The zero-order valence-corrected chi connectivity index (χ0v) is 19.8. The summed E-state index contributed by atoms with van der Waals surface area (Å²) in [7, 11) is 1.51. The Kier molecular flexibility index (Phi) is 8.01. The lowest BCUT2D eigenvalue weighted by Gasteiger charge is -2.42. The van der Waals surface area contributed by atoms with Gasteiger partial charge in [0.2, 0.25) is 5.91 Å². The highest BCUT2D eigenvalue weighted by molar-refractivity contribution is 6.06. The van der Waals surface area contributed by atoms with Crippen LogP contribution in [0, 0.1) is 11.7 Å². The third-order valence-corrected chi connectivity index (χ3v) is 5.47. The summed E-state index contributed by atoms with van der Waals surface area (Å²) in [4.78, 5) is 32.6. The van der Waals surface area contributed by atoms with Crippen LogP contribution in [-0.4, -0.2) is 48.9 Å². The van der Waals surface area contributed by atoms with Crippen LogP contribution in [0.2, 0.25) is 0 Å². The molecule has 0 aliphatic carbocycles. The smallest absolute Gasteiger partial charge is 0.406 e. The predicted octanol–water partition coefficient (Wildman–Crippen LogP) is 4.47. The van der Waals surface area contributed by atoms with E-state index in [0.717, 1.165) is 12.1 Å². The number of amides is 2. The van der Waals surface area contributed by atoms with Crippen LogP contribution in [0.25, 0.3) is 0 Å². The van der Waals surface area contributed by atoms with E-state index in [0.29, 0.717) is 29.3 Å². The molecule has 3 rings (SSSR count). The second kappa shape index (κ2) is 10.8. The molecule has 0 bridgehead atoms. The van der Waals surface area contributed by atoms with Gasteiger partial charge in [-0.2, -0.15) is 0 Å². The van der Waals surface area contributed by atoms with Gasteiger partial charge in [-0.05, 0) is 23.6 Å². The number of hydrogen-bond acceptors (Lipinski definition) is 5. The second-order valence-electron chi connectivity index (χ2n) is 8.63. The number of fused-ring (bicyclic) bond motifs is 1. The minimum absolute atomic E-state index is 0.0355. The number of ether oxygens (including phenoxy) is 1. The molecule has 1 aliphatic rings. The number of carbonyl (C=O) groups excluding carboxylic acids is 2. The van der Waals surface area contributed by atoms with E-state index in [2.05, 4.69) is 15.0 Å². The molecule has 192 valence electrons. The molecule has 0 spiro atoms. The molecule has 2 aromatic carbocycles. The van der Waals surface area contributed by atoms with Crippen LogP contribution in [0.15, 0.2) is 59.2 Å². The number of hydrogen-bond donors (Lipinski definition) is 2. The first-order chi connectivity index (χ1) is 16.9. The van der Waals surface area contributed by atoms with E-state index < -0.39 is 35.8 Å². The van der Waals surface area contributed by atoms with Crippen molar-refractivity contribution in [3.8, 4) is 5.75 Å². The lowest BCUT2D eigenvalue weighted by atomic mass is 9.79. The molecule has 2 aromatic rings. The van der Waals surface area contributed by atoms with Crippen molar-refractivity contribution in [2.75, 3.05) is 18.9 Å². The summed E-state index contributed by atoms with van der Waals surface area (Å²) >= 11 is 0. The Morgan fingerprint density at radius 2 is 1.94 bits per heavy atom. The van der Waals surface area contributed by atoms with E-state index in [4.69, 9.17) is 5.73 Å². The highest BCUT2D eigenvalue weighted by atomic mass is 19.4. The van der Waals surface area contributed by atoms with Crippen molar-refractivity contribution in [2.24, 2.45) is 16.6 Å². The summed E-state index contributed by atoms with van der Waals surface area (Å²) in [5.74, 6) is -3.83. The Labute approximate surface area is 205 Å². The third kappa shape index (κ3) is 6.02. The predicted molar refractivity (Wildman–Crippen MR) is 127 cm³/mol. The number of rotatable bonds is 7. The van der Waals surface area contributed by atoms with Crippen LogP contribution in [0.4, 0.5) is 23.2 Å². The zero-order chi connectivity index (χ0) is 26.6. The Balaban J connectivity index is 2.11. The quantitative estimate of drug-likeness (QED) is 0.428. The fraction of sp³-hybridized carbons (Fsp3) is 0.320. The maximum absolute atomic E-state index is 14.1. The SMILES string of the molecule is CN=CC(=CN)[C@H]1[C@H](C(=O)Nc2cc(F)cc(OC(F)(F)F)c2)c2ccccc2C(=O)N1CC(C)C. The number of benzene rings is 2. The van der Waals surface area contributed by atoms with Gasteiger partial charge < -0.3 is 20.7 Å². The highest BCUT2D eigenvalue weighted by Gasteiger charge is 2.45. The van der Waals surface area contributed by atoms with Gasteiger partial charge >= 0.3 is 6.36 Å². The maximum Gasteiger partial charge on any atom is 0.573 e. The number of halogens is 4. The summed E-state index contributed by atoms with van der Waals surface area (Å²) < 4.78 is 55.8. The van der Waals surface area contributed by atoms with Crippen LogP contribution in [0.5, 0.6) is 5.75 Å². The summed E-state index contributed by atoms with van der Waals surface area (Å²) in [5, 5.41) is 2.48. The van der Waals surface area contributed by atoms with Crippen LogP contribution in [0.1, 0.15) is 35.7 Å². The summed E-state index contributed by atoms with van der Waals surface area (Å²) in [6.45, 7) is 4.11. The number of nitrogens with one attached hydrogen (secondary N) is 1. The first kappa shape index (κ1) is 26.7. The summed E-state index contributed by atoms with van der Waals surface area (Å²) in [6, 6.07) is 7.97. The van der Waals surface area contributed by atoms with Gasteiger partial charge in [-0.1, -0.05) is 32.0 Å². The average Bonchev–Trinajstić information content (AvgIpc) is 2.77. The molecule has 0 saturated heterocycles. The van der Waals surface area contributed by atoms with Crippen molar-refractivity contribution in [3.05, 3.63) is 71.2 Å². The molecule has 0 unspecified atom stereocenters. The molecule has 0 saturated carbocycles. The van der Waals surface area contributed by atoms with Gasteiger partial charge in [0.15, 0.2) is 0 Å². The van der Waals surface area contributed by atoms with Gasteiger partial charge in [0.25, 0.3) is 5.91 Å². The molecule has 2 amide bonds. The normalized spacial score (nSPS) is 18.5. The van der Waals surface area contributed by atoms with Gasteiger partial charge in [0, 0.05) is 55.0 Å². The molecule has 1 heterocycles. The van der Waals surface area contributed by atoms with E-state index in [1.54, 1.807) is 24.3 Å². The van der Waals surface area contributed by atoms with Crippen molar-refractivity contribution in [2.45, 2.75) is 32.2 Å². The number of alkyl halides is 3. The Morgan fingerprint density at radius 3 is 2.56 bits per heavy atom. The molecule has 0 aromatic heterocycles. The highest BCUT2D eigenvalue weighted by Crippen LogP contribution is 2.38. The molecule has 3 N–H and O–H groups in total. The van der Waals surface area contributed by atoms with Crippen LogP contribution in [0.3, 0.4) is 0 Å². The zero-order valence-electron chi connectivity index (χ0n) is 19.8.